The molecule has 0 saturated heterocycles. The maximum Gasteiger partial charge on any atom is 0.140 e. The minimum Gasteiger partial charge on any atom is -0.299 e. The zero-order valence-corrected chi connectivity index (χ0v) is 10.3. The van der Waals surface area contributed by atoms with E-state index in [0.717, 1.165) is 12.0 Å². The van der Waals surface area contributed by atoms with Crippen LogP contribution in [0.2, 0.25) is 5.02 Å². The van der Waals surface area contributed by atoms with Crippen molar-refractivity contribution in [3.63, 3.8) is 0 Å². The molecule has 0 aromatic heterocycles. The highest BCUT2D eigenvalue weighted by molar-refractivity contribution is 6.31. The normalized spacial score (nSPS) is 24.6. The van der Waals surface area contributed by atoms with E-state index in [1.54, 1.807) is 0 Å². The van der Waals surface area contributed by atoms with Gasteiger partial charge in [0.2, 0.25) is 0 Å². The van der Waals surface area contributed by atoms with Crippen LogP contribution in [0.15, 0.2) is 24.3 Å². The quantitative estimate of drug-likeness (QED) is 0.778. The monoisotopic (exact) mass is 236 g/mol. The van der Waals surface area contributed by atoms with Crippen molar-refractivity contribution in [1.82, 2.24) is 0 Å². The van der Waals surface area contributed by atoms with Gasteiger partial charge >= 0.3 is 0 Å². The van der Waals surface area contributed by atoms with Crippen molar-refractivity contribution in [3.05, 3.63) is 34.9 Å². The van der Waals surface area contributed by atoms with Crippen molar-refractivity contribution in [3.8, 4) is 0 Å². The summed E-state index contributed by atoms with van der Waals surface area (Å²) in [5.74, 6) is 1.17. The number of rotatable bonds is 3. The Morgan fingerprint density at radius 2 is 2.12 bits per heavy atom. The third kappa shape index (κ3) is 2.46. The molecule has 16 heavy (non-hydrogen) atoms. The molecule has 1 aliphatic rings. The molecule has 0 aliphatic heterocycles. The number of hydrogen-bond donors (Lipinski definition) is 0. The van der Waals surface area contributed by atoms with E-state index in [1.807, 2.05) is 24.3 Å². The van der Waals surface area contributed by atoms with E-state index in [-0.39, 0.29) is 5.92 Å². The Labute approximate surface area is 102 Å². The lowest BCUT2D eigenvalue weighted by Gasteiger charge is -2.14. The van der Waals surface area contributed by atoms with E-state index < -0.39 is 0 Å². The zero-order chi connectivity index (χ0) is 11.5. The Morgan fingerprint density at radius 3 is 2.75 bits per heavy atom. The van der Waals surface area contributed by atoms with Gasteiger partial charge in [0, 0.05) is 17.4 Å². The number of hydrogen-bond acceptors (Lipinski definition) is 1. The first-order valence-corrected chi connectivity index (χ1v) is 6.32. The summed E-state index contributed by atoms with van der Waals surface area (Å²) in [6, 6.07) is 7.63. The minimum absolute atomic E-state index is 0.260. The molecule has 0 spiro atoms. The molecule has 0 bridgehead atoms. The van der Waals surface area contributed by atoms with E-state index in [0.29, 0.717) is 23.1 Å². The number of carbonyl (C=O) groups is 1. The fourth-order valence-electron chi connectivity index (χ4n) is 2.58. The molecule has 2 heteroatoms. The van der Waals surface area contributed by atoms with Crippen molar-refractivity contribution in [2.24, 2.45) is 11.8 Å². The van der Waals surface area contributed by atoms with E-state index in [4.69, 9.17) is 11.6 Å². The molecule has 1 aliphatic carbocycles. The van der Waals surface area contributed by atoms with Gasteiger partial charge in [-0.25, -0.2) is 0 Å². The molecular weight excluding hydrogens is 220 g/mol. The highest BCUT2D eigenvalue weighted by atomic mass is 35.5. The molecule has 86 valence electrons. The molecule has 1 saturated carbocycles. The minimum atomic E-state index is 0.260. The highest BCUT2D eigenvalue weighted by Gasteiger charge is 2.29. The summed E-state index contributed by atoms with van der Waals surface area (Å²) in [4.78, 5) is 12.1. The van der Waals surface area contributed by atoms with Crippen LogP contribution in [-0.2, 0) is 11.2 Å². The van der Waals surface area contributed by atoms with Gasteiger partial charge in [-0.2, -0.15) is 0 Å². The smallest absolute Gasteiger partial charge is 0.140 e. The van der Waals surface area contributed by atoms with Crippen molar-refractivity contribution in [2.45, 2.75) is 32.6 Å². The van der Waals surface area contributed by atoms with Crippen LogP contribution in [0.3, 0.4) is 0 Å². The molecule has 0 N–H and O–H groups in total. The van der Waals surface area contributed by atoms with Crippen LogP contribution in [-0.4, -0.2) is 5.78 Å². The highest BCUT2D eigenvalue weighted by Crippen LogP contribution is 2.33. The number of benzene rings is 1. The van der Waals surface area contributed by atoms with Crippen LogP contribution in [0.5, 0.6) is 0 Å². The first-order valence-electron chi connectivity index (χ1n) is 5.94. The van der Waals surface area contributed by atoms with Gasteiger partial charge in [0.1, 0.15) is 5.78 Å². The Hall–Kier alpha value is -0.820. The van der Waals surface area contributed by atoms with Crippen LogP contribution >= 0.6 is 11.6 Å². The summed E-state index contributed by atoms with van der Waals surface area (Å²) in [5, 5.41) is 0.710. The van der Waals surface area contributed by atoms with E-state index in [2.05, 4.69) is 6.92 Å². The van der Waals surface area contributed by atoms with Crippen LogP contribution in [0.4, 0.5) is 0 Å². The van der Waals surface area contributed by atoms with Crippen molar-refractivity contribution < 1.29 is 4.79 Å². The predicted molar refractivity (Wildman–Crippen MR) is 66.7 cm³/mol. The zero-order valence-electron chi connectivity index (χ0n) is 9.58. The molecule has 2 unspecified atom stereocenters. The lowest BCUT2D eigenvalue weighted by molar-refractivity contribution is -0.123. The first kappa shape index (κ1) is 11.7. The second-order valence-electron chi connectivity index (χ2n) is 4.75. The Morgan fingerprint density at radius 1 is 1.38 bits per heavy atom. The SMILES string of the molecule is CC1CCCC1C(=O)Cc1ccccc1Cl. The molecule has 2 rings (SSSR count). The van der Waals surface area contributed by atoms with Crippen molar-refractivity contribution >= 4 is 17.4 Å². The maximum atomic E-state index is 12.1. The third-order valence-electron chi connectivity index (χ3n) is 3.60. The standard InChI is InChI=1S/C14H17ClO/c1-10-5-4-7-12(10)14(16)9-11-6-2-3-8-13(11)15/h2-3,6,8,10,12H,4-5,7,9H2,1H3. The number of halogens is 1. The second kappa shape index (κ2) is 5.01. The summed E-state index contributed by atoms with van der Waals surface area (Å²) in [6.07, 6.45) is 3.94. The Kier molecular flexibility index (Phi) is 3.65. The van der Waals surface area contributed by atoms with Crippen LogP contribution in [0.25, 0.3) is 0 Å². The van der Waals surface area contributed by atoms with Gasteiger partial charge in [-0.1, -0.05) is 43.1 Å². The summed E-state index contributed by atoms with van der Waals surface area (Å²) < 4.78 is 0. The molecule has 0 amide bonds. The van der Waals surface area contributed by atoms with Crippen molar-refractivity contribution in [1.29, 1.82) is 0 Å². The Balaban J connectivity index is 2.05. The molecule has 1 aromatic carbocycles. The first-order chi connectivity index (χ1) is 7.68. The predicted octanol–water partition coefficient (Wildman–Crippen LogP) is 3.89. The molecule has 1 nitrogen and oxygen atoms in total. The lowest BCUT2D eigenvalue weighted by Crippen LogP contribution is -2.19. The van der Waals surface area contributed by atoms with Gasteiger partial charge in [-0.15, -0.1) is 0 Å². The van der Waals surface area contributed by atoms with E-state index in [9.17, 15) is 4.79 Å². The fourth-order valence-corrected chi connectivity index (χ4v) is 2.79. The number of Topliss-reactive ketones (excluding diaryl/α,β-unsaturated/α-hetero) is 1. The van der Waals surface area contributed by atoms with Gasteiger partial charge in [0.25, 0.3) is 0 Å². The van der Waals surface area contributed by atoms with Crippen LogP contribution < -0.4 is 0 Å². The van der Waals surface area contributed by atoms with Gasteiger partial charge in [-0.05, 0) is 30.4 Å². The van der Waals surface area contributed by atoms with Gasteiger partial charge < -0.3 is 0 Å². The van der Waals surface area contributed by atoms with E-state index in [1.165, 1.54) is 12.8 Å². The van der Waals surface area contributed by atoms with Gasteiger partial charge in [0.15, 0.2) is 0 Å². The third-order valence-corrected chi connectivity index (χ3v) is 3.97. The molecule has 1 fully saturated rings. The summed E-state index contributed by atoms with van der Waals surface area (Å²) >= 11 is 6.06. The molecule has 0 heterocycles. The van der Waals surface area contributed by atoms with Crippen LogP contribution in [0, 0.1) is 11.8 Å². The van der Waals surface area contributed by atoms with Crippen LogP contribution in [0.1, 0.15) is 31.7 Å². The summed E-state index contributed by atoms with van der Waals surface area (Å²) in [6.45, 7) is 2.18. The maximum absolute atomic E-state index is 12.1. The largest absolute Gasteiger partial charge is 0.299 e. The Bertz CT molecular complexity index is 386. The summed E-state index contributed by atoms with van der Waals surface area (Å²) in [5.41, 5.74) is 0.966. The average molecular weight is 237 g/mol. The number of carbonyl (C=O) groups excluding carboxylic acids is 1. The molecular formula is C14H17ClO. The topological polar surface area (TPSA) is 17.1 Å². The van der Waals surface area contributed by atoms with E-state index >= 15 is 0 Å². The molecule has 1 aromatic rings. The van der Waals surface area contributed by atoms with Crippen molar-refractivity contribution in [2.75, 3.05) is 0 Å². The lowest BCUT2D eigenvalue weighted by atomic mass is 9.90. The van der Waals surface area contributed by atoms with Gasteiger partial charge in [-0.3, -0.25) is 4.79 Å². The summed E-state index contributed by atoms with van der Waals surface area (Å²) in [7, 11) is 0. The number of ketones is 1. The average Bonchev–Trinajstić information content (AvgIpc) is 2.68. The fraction of sp³-hybridized carbons (Fsp3) is 0.500. The second-order valence-corrected chi connectivity index (χ2v) is 5.16. The molecule has 0 radical (unpaired) electrons. The molecule has 2 atom stereocenters. The van der Waals surface area contributed by atoms with Gasteiger partial charge in [0.05, 0.1) is 0 Å².